The number of ether oxygens (including phenoxy) is 6. The average Bonchev–Trinajstić information content (AvgIpc) is 3.55. The Morgan fingerprint density at radius 1 is 0.726 bits per heavy atom. The third kappa shape index (κ3) is 11.3. The Morgan fingerprint density at radius 2 is 1.31 bits per heavy atom. The second-order valence-electron chi connectivity index (χ2n) is 15.4. The van der Waals surface area contributed by atoms with Crippen molar-refractivity contribution in [2.24, 2.45) is 5.92 Å². The Hall–Kier alpha value is -6.33. The fraction of sp³-hybridized carbons (Fsp3) is 0.444. The van der Waals surface area contributed by atoms with Gasteiger partial charge in [-0.1, -0.05) is 68.4 Å². The molecule has 1 heterocycles. The molecule has 0 radical (unpaired) electrons. The molecule has 0 saturated carbocycles. The molecule has 2 aliphatic rings. The molecule has 0 spiro atoms. The van der Waals surface area contributed by atoms with E-state index >= 15 is 0 Å². The van der Waals surface area contributed by atoms with Crippen LogP contribution in [0.3, 0.4) is 0 Å². The SMILES string of the molecule is COC(=O)[C@H]1O[C@@H](CCc2cc(NC(=O)[C@H](C)NC(=O)[C@@H](NC(=O)OCC3c4ccccc4-c4ccccc43)C(C)C)ccc2CO)[C@H](OC(C)=O)[C@@H](OC(C)=O)[C@@H]1OC(C)=O. The molecule has 332 valence electrons. The molecule has 3 aromatic carbocycles. The highest BCUT2D eigenvalue weighted by atomic mass is 16.7. The van der Waals surface area contributed by atoms with Gasteiger partial charge < -0.3 is 49.5 Å². The topological polar surface area (TPSA) is 231 Å². The molecule has 5 rings (SSSR count). The quantitative estimate of drug-likeness (QED) is 0.119. The summed E-state index contributed by atoms with van der Waals surface area (Å²) in [6.07, 6.45) is -7.63. The van der Waals surface area contributed by atoms with Crippen molar-refractivity contribution in [1.82, 2.24) is 10.6 Å². The van der Waals surface area contributed by atoms with E-state index in [9.17, 15) is 38.7 Å². The van der Waals surface area contributed by atoms with Gasteiger partial charge in [0.05, 0.1) is 19.8 Å². The lowest BCUT2D eigenvalue weighted by Crippen LogP contribution is -2.63. The number of alkyl carbamates (subject to hydrolysis) is 1. The first-order chi connectivity index (χ1) is 29.5. The zero-order chi connectivity index (χ0) is 45.2. The monoisotopic (exact) mass is 859 g/mol. The molecule has 1 fully saturated rings. The van der Waals surface area contributed by atoms with E-state index in [4.69, 9.17) is 28.4 Å². The molecule has 62 heavy (non-hydrogen) atoms. The van der Waals surface area contributed by atoms with Crippen LogP contribution in [0.25, 0.3) is 11.1 Å². The first kappa shape index (κ1) is 46.7. The fourth-order valence-electron chi connectivity index (χ4n) is 7.74. The number of carbonyl (C=O) groups excluding carboxylic acids is 7. The van der Waals surface area contributed by atoms with Gasteiger partial charge >= 0.3 is 30.0 Å². The van der Waals surface area contributed by atoms with Gasteiger partial charge in [0.2, 0.25) is 11.8 Å². The smallest absolute Gasteiger partial charge is 0.407 e. The average molecular weight is 860 g/mol. The van der Waals surface area contributed by atoms with E-state index in [1.165, 1.54) is 6.92 Å². The molecule has 1 aliphatic carbocycles. The number of hydrogen-bond donors (Lipinski definition) is 4. The summed E-state index contributed by atoms with van der Waals surface area (Å²) in [6.45, 7) is 7.95. The predicted molar refractivity (Wildman–Crippen MR) is 221 cm³/mol. The van der Waals surface area contributed by atoms with E-state index in [-0.39, 0.29) is 31.3 Å². The Labute approximate surface area is 359 Å². The summed E-state index contributed by atoms with van der Waals surface area (Å²) in [5.41, 5.74) is 5.56. The van der Waals surface area contributed by atoms with Crippen LogP contribution < -0.4 is 16.0 Å². The maximum absolute atomic E-state index is 13.5. The number of aliphatic hydroxyl groups is 1. The van der Waals surface area contributed by atoms with E-state index in [2.05, 4.69) is 16.0 Å². The number of hydrogen-bond acceptors (Lipinski definition) is 14. The van der Waals surface area contributed by atoms with Crippen molar-refractivity contribution in [2.75, 3.05) is 19.0 Å². The Morgan fingerprint density at radius 3 is 1.87 bits per heavy atom. The lowest BCUT2D eigenvalue weighted by molar-refractivity contribution is -0.249. The molecule has 0 aromatic heterocycles. The molecular formula is C45H53N3O14. The first-order valence-corrected chi connectivity index (χ1v) is 20.2. The van der Waals surface area contributed by atoms with Crippen molar-refractivity contribution in [3.05, 3.63) is 89.0 Å². The number of aliphatic hydroxyl groups excluding tert-OH is 1. The van der Waals surface area contributed by atoms with E-state index in [0.717, 1.165) is 50.1 Å². The van der Waals surface area contributed by atoms with Gasteiger partial charge in [-0.05, 0) is 71.2 Å². The summed E-state index contributed by atoms with van der Waals surface area (Å²) >= 11 is 0. The van der Waals surface area contributed by atoms with Crippen LogP contribution in [0.4, 0.5) is 10.5 Å². The van der Waals surface area contributed by atoms with Crippen LogP contribution in [0.5, 0.6) is 0 Å². The fourth-order valence-corrected chi connectivity index (χ4v) is 7.74. The second kappa shape index (κ2) is 21.0. The molecule has 4 N–H and O–H groups in total. The van der Waals surface area contributed by atoms with Crippen LogP contribution in [-0.2, 0) is 70.2 Å². The van der Waals surface area contributed by atoms with Crippen LogP contribution in [0.2, 0.25) is 0 Å². The number of methoxy groups -OCH3 is 1. The van der Waals surface area contributed by atoms with E-state index in [1.807, 2.05) is 48.5 Å². The molecular weight excluding hydrogens is 807 g/mol. The van der Waals surface area contributed by atoms with Crippen LogP contribution in [-0.4, -0.2) is 103 Å². The highest BCUT2D eigenvalue weighted by Crippen LogP contribution is 2.44. The van der Waals surface area contributed by atoms with Crippen molar-refractivity contribution >= 4 is 47.5 Å². The summed E-state index contributed by atoms with van der Waals surface area (Å²) in [5, 5.41) is 18.2. The van der Waals surface area contributed by atoms with Crippen LogP contribution in [0.1, 0.15) is 76.1 Å². The number of aryl methyl sites for hydroxylation is 1. The standard InChI is InChI=1S/C45H53N3O14/c1-23(2)37(48-45(56)58-22-35-33-14-10-8-12-31(33)32-13-9-11-15-34(32)35)43(54)46-24(3)42(53)47-30-18-16-29(21-49)28(20-30)17-19-36-38(59-25(4)50)39(60-26(5)51)40(61-27(6)52)41(62-36)44(55)57-7/h8-16,18,20,23-24,35-41,49H,17,19,21-22H2,1-7H3,(H,46,54)(H,47,53)(H,48,56)/t24-,36-,37-,38-,39+,40-,41-/m0/s1. The van der Waals surface area contributed by atoms with E-state index in [0.29, 0.717) is 16.8 Å². The summed E-state index contributed by atoms with van der Waals surface area (Å²) in [7, 11) is 1.09. The summed E-state index contributed by atoms with van der Waals surface area (Å²) < 4.78 is 32.9. The van der Waals surface area contributed by atoms with Gasteiger partial charge in [0.15, 0.2) is 24.4 Å². The third-order valence-electron chi connectivity index (χ3n) is 10.6. The predicted octanol–water partition coefficient (Wildman–Crippen LogP) is 3.85. The van der Waals surface area contributed by atoms with Crippen molar-refractivity contribution in [2.45, 2.75) is 110 Å². The van der Waals surface area contributed by atoms with Gasteiger partial charge in [0.25, 0.3) is 0 Å². The van der Waals surface area contributed by atoms with Crippen LogP contribution in [0.15, 0.2) is 66.7 Å². The highest BCUT2D eigenvalue weighted by molar-refractivity contribution is 5.98. The van der Waals surface area contributed by atoms with Crippen molar-refractivity contribution < 1.29 is 67.1 Å². The zero-order valence-electron chi connectivity index (χ0n) is 35.6. The van der Waals surface area contributed by atoms with E-state index in [1.54, 1.807) is 32.0 Å². The van der Waals surface area contributed by atoms with Gasteiger partial charge in [0, 0.05) is 32.4 Å². The summed E-state index contributed by atoms with van der Waals surface area (Å²) in [6, 6.07) is 18.5. The molecule has 0 bridgehead atoms. The maximum Gasteiger partial charge on any atom is 0.407 e. The molecule has 7 atom stereocenters. The largest absolute Gasteiger partial charge is 0.467 e. The molecule has 17 heteroatoms. The van der Waals surface area contributed by atoms with Crippen molar-refractivity contribution in [1.29, 1.82) is 0 Å². The minimum Gasteiger partial charge on any atom is -0.467 e. The minimum atomic E-state index is -1.56. The molecule has 17 nitrogen and oxygen atoms in total. The second-order valence-corrected chi connectivity index (χ2v) is 15.4. The van der Waals surface area contributed by atoms with Gasteiger partial charge in [-0.2, -0.15) is 0 Å². The molecule has 0 unspecified atom stereocenters. The lowest BCUT2D eigenvalue weighted by Gasteiger charge is -2.43. The van der Waals surface area contributed by atoms with Gasteiger partial charge in [-0.25, -0.2) is 9.59 Å². The van der Waals surface area contributed by atoms with Crippen LogP contribution in [0, 0.1) is 5.92 Å². The number of rotatable bonds is 16. The number of amides is 3. The number of carbonyl (C=O) groups is 7. The van der Waals surface area contributed by atoms with E-state index < -0.39 is 91.0 Å². The van der Waals surface area contributed by atoms with Gasteiger partial charge in [0.1, 0.15) is 18.7 Å². The number of esters is 4. The third-order valence-corrected chi connectivity index (χ3v) is 10.6. The Kier molecular flexibility index (Phi) is 15.8. The maximum atomic E-state index is 13.5. The Balaban J connectivity index is 1.23. The lowest BCUT2D eigenvalue weighted by atomic mass is 9.90. The number of fused-ring (bicyclic) bond motifs is 3. The van der Waals surface area contributed by atoms with Gasteiger partial charge in [-0.15, -0.1) is 0 Å². The summed E-state index contributed by atoms with van der Waals surface area (Å²) in [5.74, 6) is -5.07. The zero-order valence-corrected chi connectivity index (χ0v) is 35.6. The highest BCUT2D eigenvalue weighted by Gasteiger charge is 2.54. The van der Waals surface area contributed by atoms with Gasteiger partial charge in [-0.3, -0.25) is 24.0 Å². The van der Waals surface area contributed by atoms with Crippen molar-refractivity contribution in [3.8, 4) is 11.1 Å². The molecule has 1 saturated heterocycles. The number of nitrogens with one attached hydrogen (secondary N) is 3. The Bertz CT molecular complexity index is 2110. The summed E-state index contributed by atoms with van der Waals surface area (Å²) in [4.78, 5) is 89.3. The molecule has 3 aromatic rings. The number of benzene rings is 3. The molecule has 3 amide bonds. The normalized spacial score (nSPS) is 20.0. The minimum absolute atomic E-state index is 0.0140. The van der Waals surface area contributed by atoms with Crippen molar-refractivity contribution in [3.63, 3.8) is 0 Å². The first-order valence-electron chi connectivity index (χ1n) is 20.2. The number of anilines is 1. The molecule has 1 aliphatic heterocycles. The van der Waals surface area contributed by atoms with Crippen LogP contribution >= 0.6 is 0 Å².